The fraction of sp³-hybridized carbons (Fsp3) is 0.286. The number of esters is 1. The second kappa shape index (κ2) is 10.1. The average molecular weight is 369 g/mol. The lowest BCUT2D eigenvalue weighted by molar-refractivity contribution is -0.155. The van der Waals surface area contributed by atoms with Crippen molar-refractivity contribution in [3.8, 4) is 5.75 Å². The number of hydrogen-bond acceptors (Lipinski definition) is 5. The van der Waals surface area contributed by atoms with E-state index in [1.165, 1.54) is 0 Å². The van der Waals surface area contributed by atoms with Crippen molar-refractivity contribution in [1.29, 1.82) is 0 Å². The summed E-state index contributed by atoms with van der Waals surface area (Å²) in [5, 5.41) is 0. The van der Waals surface area contributed by atoms with Crippen LogP contribution in [0.5, 0.6) is 5.75 Å². The lowest BCUT2D eigenvalue weighted by Crippen LogP contribution is -2.26. The van der Waals surface area contributed by atoms with Crippen LogP contribution in [0.25, 0.3) is 0 Å². The Morgan fingerprint density at radius 3 is 2.22 bits per heavy atom. The highest BCUT2D eigenvalue weighted by atomic mass is 16.5. The minimum Gasteiger partial charge on any atom is -0.494 e. The van der Waals surface area contributed by atoms with Crippen molar-refractivity contribution < 1.29 is 23.9 Å². The van der Waals surface area contributed by atoms with Crippen LogP contribution in [0.2, 0.25) is 0 Å². The van der Waals surface area contributed by atoms with Crippen molar-refractivity contribution in [2.75, 3.05) is 6.61 Å². The van der Waals surface area contributed by atoms with Crippen LogP contribution < -0.4 is 10.5 Å². The fourth-order valence-corrected chi connectivity index (χ4v) is 2.43. The van der Waals surface area contributed by atoms with Gasteiger partial charge in [0.1, 0.15) is 5.75 Å². The summed E-state index contributed by atoms with van der Waals surface area (Å²) in [5.41, 5.74) is 6.30. The van der Waals surface area contributed by atoms with E-state index in [9.17, 15) is 14.4 Å². The molecule has 6 heteroatoms. The molecule has 0 saturated heterocycles. The van der Waals surface area contributed by atoms with Crippen LogP contribution in [0.15, 0.2) is 54.6 Å². The molecule has 142 valence electrons. The van der Waals surface area contributed by atoms with Crippen molar-refractivity contribution in [1.82, 2.24) is 0 Å². The topological polar surface area (TPSA) is 95.7 Å². The smallest absolute Gasteiger partial charge is 0.307 e. The van der Waals surface area contributed by atoms with Gasteiger partial charge >= 0.3 is 5.97 Å². The molecule has 0 aliphatic carbocycles. The van der Waals surface area contributed by atoms with Gasteiger partial charge in [0.2, 0.25) is 6.10 Å². The molecule has 2 N–H and O–H groups in total. The summed E-state index contributed by atoms with van der Waals surface area (Å²) in [4.78, 5) is 35.8. The summed E-state index contributed by atoms with van der Waals surface area (Å²) in [6.07, 6.45) is -0.417. The lowest BCUT2D eigenvalue weighted by atomic mass is 10.1. The Morgan fingerprint density at radius 1 is 0.963 bits per heavy atom. The number of carbonyl (C=O) groups is 3. The number of primary amides is 1. The van der Waals surface area contributed by atoms with Gasteiger partial charge in [-0.25, -0.2) is 0 Å². The Hall–Kier alpha value is -3.15. The van der Waals surface area contributed by atoms with Crippen LogP contribution in [-0.2, 0) is 14.3 Å². The fourth-order valence-electron chi connectivity index (χ4n) is 2.43. The number of hydrogen-bond donors (Lipinski definition) is 1. The van der Waals surface area contributed by atoms with E-state index in [0.29, 0.717) is 23.5 Å². The number of Topliss-reactive ketones (excluding diaryl/α,β-unsaturated/α-hetero) is 1. The van der Waals surface area contributed by atoms with E-state index in [1.807, 2.05) is 6.92 Å². The molecule has 0 fully saturated rings. The maximum atomic E-state index is 12.2. The van der Waals surface area contributed by atoms with Gasteiger partial charge in [-0.05, 0) is 30.7 Å². The van der Waals surface area contributed by atoms with E-state index in [1.54, 1.807) is 54.6 Å². The third-order valence-corrected chi connectivity index (χ3v) is 3.82. The maximum absolute atomic E-state index is 12.2. The largest absolute Gasteiger partial charge is 0.494 e. The number of carbonyl (C=O) groups excluding carboxylic acids is 3. The first-order valence-corrected chi connectivity index (χ1v) is 8.81. The molecule has 0 aromatic heterocycles. The normalized spacial score (nSPS) is 11.4. The summed E-state index contributed by atoms with van der Waals surface area (Å²) in [5.74, 6) is -0.910. The van der Waals surface area contributed by atoms with Crippen LogP contribution in [0.4, 0.5) is 0 Å². The number of ketones is 1. The summed E-state index contributed by atoms with van der Waals surface area (Å²) >= 11 is 0. The Morgan fingerprint density at radius 2 is 1.63 bits per heavy atom. The van der Waals surface area contributed by atoms with E-state index >= 15 is 0 Å². The summed E-state index contributed by atoms with van der Waals surface area (Å²) in [6, 6.07) is 15.3. The van der Waals surface area contributed by atoms with Crippen LogP contribution in [-0.4, -0.2) is 24.3 Å². The van der Waals surface area contributed by atoms with Gasteiger partial charge in [0.05, 0.1) is 13.0 Å². The van der Waals surface area contributed by atoms with Crippen LogP contribution >= 0.6 is 0 Å². The maximum Gasteiger partial charge on any atom is 0.307 e. The van der Waals surface area contributed by atoms with Gasteiger partial charge in [-0.2, -0.15) is 0 Å². The van der Waals surface area contributed by atoms with Gasteiger partial charge in [-0.15, -0.1) is 0 Å². The van der Waals surface area contributed by atoms with Crippen molar-refractivity contribution in [3.63, 3.8) is 0 Å². The van der Waals surface area contributed by atoms with Gasteiger partial charge in [-0.1, -0.05) is 37.3 Å². The Bertz CT molecular complexity index is 771. The first-order valence-electron chi connectivity index (χ1n) is 8.81. The van der Waals surface area contributed by atoms with Crippen LogP contribution in [0.3, 0.4) is 0 Å². The highest BCUT2D eigenvalue weighted by Gasteiger charge is 2.22. The molecule has 0 heterocycles. The molecule has 27 heavy (non-hydrogen) atoms. The number of nitrogens with two attached hydrogens (primary N) is 1. The predicted octanol–water partition coefficient (Wildman–Crippen LogP) is 3.21. The van der Waals surface area contributed by atoms with E-state index < -0.39 is 18.0 Å². The number of rotatable bonds is 10. The SMILES string of the molecule is CCCOc1ccc(C(=O)CCC(=O)OC(C(N)=O)c2ccccc2)cc1. The second-order valence-corrected chi connectivity index (χ2v) is 5.98. The molecular formula is C21H23NO5. The molecule has 0 spiro atoms. The Kier molecular flexibility index (Phi) is 7.55. The minimum absolute atomic E-state index is 0.0196. The summed E-state index contributed by atoms with van der Waals surface area (Å²) in [6.45, 7) is 2.62. The molecule has 0 aliphatic heterocycles. The molecule has 6 nitrogen and oxygen atoms in total. The second-order valence-electron chi connectivity index (χ2n) is 5.98. The van der Waals surface area contributed by atoms with E-state index in [-0.39, 0.29) is 18.6 Å². The first kappa shape index (κ1) is 20.2. The molecule has 2 aromatic rings. The molecule has 1 unspecified atom stereocenters. The monoisotopic (exact) mass is 369 g/mol. The summed E-state index contributed by atoms with van der Waals surface area (Å²) < 4.78 is 10.6. The zero-order valence-electron chi connectivity index (χ0n) is 15.2. The molecule has 1 atom stereocenters. The Balaban J connectivity index is 1.88. The minimum atomic E-state index is -1.16. The van der Waals surface area contributed by atoms with E-state index in [2.05, 4.69) is 0 Å². The highest BCUT2D eigenvalue weighted by Crippen LogP contribution is 2.19. The van der Waals surface area contributed by atoms with Crippen molar-refractivity contribution >= 4 is 17.7 Å². The average Bonchev–Trinajstić information content (AvgIpc) is 2.69. The van der Waals surface area contributed by atoms with Gasteiger partial charge in [0.25, 0.3) is 5.91 Å². The Labute approximate surface area is 158 Å². The first-order chi connectivity index (χ1) is 13.0. The molecule has 1 amide bonds. The standard InChI is InChI=1S/C21H23NO5/c1-2-14-26-17-10-8-15(9-11-17)18(23)12-13-19(24)27-20(21(22)25)16-6-4-3-5-7-16/h3-11,20H,2,12-14H2,1H3,(H2,22,25). The van der Waals surface area contributed by atoms with Crippen molar-refractivity contribution in [3.05, 3.63) is 65.7 Å². The van der Waals surface area contributed by atoms with Gasteiger partial charge in [0, 0.05) is 17.5 Å². The molecule has 2 aromatic carbocycles. The third-order valence-electron chi connectivity index (χ3n) is 3.82. The van der Waals surface area contributed by atoms with Gasteiger partial charge in [0.15, 0.2) is 5.78 Å². The van der Waals surface area contributed by atoms with Gasteiger partial charge in [-0.3, -0.25) is 14.4 Å². The predicted molar refractivity (Wildman–Crippen MR) is 100 cm³/mol. The van der Waals surface area contributed by atoms with Crippen LogP contribution in [0.1, 0.15) is 48.2 Å². The lowest BCUT2D eigenvalue weighted by Gasteiger charge is -2.14. The molecule has 0 radical (unpaired) electrons. The molecule has 0 aliphatic rings. The van der Waals surface area contributed by atoms with Crippen LogP contribution in [0, 0.1) is 0 Å². The number of benzene rings is 2. The zero-order chi connectivity index (χ0) is 19.6. The third kappa shape index (κ3) is 6.26. The summed E-state index contributed by atoms with van der Waals surface area (Å²) in [7, 11) is 0. The molecular weight excluding hydrogens is 346 g/mol. The van der Waals surface area contributed by atoms with Crippen molar-refractivity contribution in [2.24, 2.45) is 5.73 Å². The van der Waals surface area contributed by atoms with E-state index in [4.69, 9.17) is 15.2 Å². The molecule has 2 rings (SSSR count). The molecule has 0 saturated carbocycles. The molecule has 0 bridgehead atoms. The van der Waals surface area contributed by atoms with Crippen molar-refractivity contribution in [2.45, 2.75) is 32.3 Å². The number of ether oxygens (including phenoxy) is 2. The van der Waals surface area contributed by atoms with Gasteiger partial charge < -0.3 is 15.2 Å². The quantitative estimate of drug-likeness (QED) is 0.512. The number of amides is 1. The highest BCUT2D eigenvalue weighted by molar-refractivity contribution is 5.97. The zero-order valence-corrected chi connectivity index (χ0v) is 15.2. The van der Waals surface area contributed by atoms with E-state index in [0.717, 1.165) is 6.42 Å².